The van der Waals surface area contributed by atoms with Gasteiger partial charge in [0.15, 0.2) is 0 Å². The van der Waals surface area contributed by atoms with Crippen LogP contribution >= 0.6 is 0 Å². The van der Waals surface area contributed by atoms with Crippen molar-refractivity contribution >= 4 is 5.91 Å². The van der Waals surface area contributed by atoms with E-state index in [-0.39, 0.29) is 5.91 Å². The zero-order chi connectivity index (χ0) is 18.5. The Morgan fingerprint density at radius 2 is 1.56 bits per heavy atom. The van der Waals surface area contributed by atoms with Gasteiger partial charge in [0.05, 0.1) is 5.56 Å². The number of nitrogens with one attached hydrogen (secondary N) is 2. The summed E-state index contributed by atoms with van der Waals surface area (Å²) in [6.45, 7) is 0.764. The zero-order valence-electron chi connectivity index (χ0n) is 15.5. The standard InChI is InChI=1S/C24H26N2O/c27-24(23-17-25-16-22(23)21-9-5-2-6-10-21)26-15-18-11-13-20(14-12-18)19-7-3-1-4-8-19/h1-10,16-18,20,25H,11-15H2,(H,26,27). The summed E-state index contributed by atoms with van der Waals surface area (Å²) >= 11 is 0. The fraction of sp³-hybridized carbons (Fsp3) is 0.292. The van der Waals surface area contributed by atoms with Crippen molar-refractivity contribution in [3.8, 4) is 11.1 Å². The number of aromatic nitrogens is 1. The van der Waals surface area contributed by atoms with Crippen LogP contribution in [0.15, 0.2) is 73.1 Å². The van der Waals surface area contributed by atoms with Gasteiger partial charge in [-0.15, -0.1) is 0 Å². The maximum absolute atomic E-state index is 12.7. The fourth-order valence-electron chi connectivity index (χ4n) is 4.17. The molecule has 27 heavy (non-hydrogen) atoms. The zero-order valence-corrected chi connectivity index (χ0v) is 15.5. The Bertz CT molecular complexity index is 862. The van der Waals surface area contributed by atoms with E-state index >= 15 is 0 Å². The lowest BCUT2D eigenvalue weighted by Gasteiger charge is -2.29. The van der Waals surface area contributed by atoms with Crippen LogP contribution in [0, 0.1) is 5.92 Å². The van der Waals surface area contributed by atoms with Crippen LogP contribution in [0.4, 0.5) is 0 Å². The summed E-state index contributed by atoms with van der Waals surface area (Å²) in [7, 11) is 0. The Kier molecular flexibility index (Phi) is 5.38. The van der Waals surface area contributed by atoms with Crippen molar-refractivity contribution in [2.24, 2.45) is 5.92 Å². The molecule has 0 atom stereocenters. The second kappa shape index (κ2) is 8.26. The summed E-state index contributed by atoms with van der Waals surface area (Å²) in [5.74, 6) is 1.26. The molecule has 2 aromatic carbocycles. The van der Waals surface area contributed by atoms with Gasteiger partial charge in [0.1, 0.15) is 0 Å². The van der Waals surface area contributed by atoms with Crippen molar-refractivity contribution in [1.82, 2.24) is 10.3 Å². The molecule has 0 aliphatic heterocycles. The lowest BCUT2D eigenvalue weighted by molar-refractivity contribution is 0.0943. The molecule has 1 heterocycles. The number of benzene rings is 2. The monoisotopic (exact) mass is 358 g/mol. The molecule has 3 nitrogen and oxygen atoms in total. The van der Waals surface area contributed by atoms with Crippen LogP contribution in [0.3, 0.4) is 0 Å². The van der Waals surface area contributed by atoms with E-state index < -0.39 is 0 Å². The van der Waals surface area contributed by atoms with Gasteiger partial charge in [-0.3, -0.25) is 4.79 Å². The molecule has 0 radical (unpaired) electrons. The first-order valence-corrected chi connectivity index (χ1v) is 9.86. The third-order valence-electron chi connectivity index (χ3n) is 5.74. The number of hydrogen-bond donors (Lipinski definition) is 2. The lowest BCUT2D eigenvalue weighted by atomic mass is 9.78. The SMILES string of the molecule is O=C(NCC1CCC(c2ccccc2)CC1)c1c[nH]cc1-c1ccccc1. The molecular weight excluding hydrogens is 332 g/mol. The number of rotatable bonds is 5. The summed E-state index contributed by atoms with van der Waals surface area (Å²) in [6, 6.07) is 20.9. The minimum absolute atomic E-state index is 0.0142. The van der Waals surface area contributed by atoms with Crippen LogP contribution in [0.1, 0.15) is 47.5 Å². The van der Waals surface area contributed by atoms with E-state index in [1.165, 1.54) is 31.2 Å². The van der Waals surface area contributed by atoms with Crippen LogP contribution < -0.4 is 5.32 Å². The van der Waals surface area contributed by atoms with Crippen molar-refractivity contribution in [1.29, 1.82) is 0 Å². The number of aromatic amines is 1. The highest BCUT2D eigenvalue weighted by Gasteiger charge is 2.23. The molecule has 0 spiro atoms. The van der Waals surface area contributed by atoms with Crippen LogP contribution in [0.2, 0.25) is 0 Å². The van der Waals surface area contributed by atoms with Crippen LogP contribution in [-0.2, 0) is 0 Å². The van der Waals surface area contributed by atoms with Gasteiger partial charge in [0.2, 0.25) is 0 Å². The third kappa shape index (κ3) is 4.13. The molecule has 3 aromatic rings. The van der Waals surface area contributed by atoms with E-state index in [4.69, 9.17) is 0 Å². The van der Waals surface area contributed by atoms with Crippen LogP contribution in [0.25, 0.3) is 11.1 Å². The van der Waals surface area contributed by atoms with E-state index in [2.05, 4.69) is 40.6 Å². The average Bonchev–Trinajstić information content (AvgIpc) is 3.24. The molecule has 4 rings (SSSR count). The molecule has 1 aliphatic rings. The third-order valence-corrected chi connectivity index (χ3v) is 5.74. The van der Waals surface area contributed by atoms with Crippen molar-refractivity contribution in [3.63, 3.8) is 0 Å². The first kappa shape index (κ1) is 17.6. The Morgan fingerprint density at radius 3 is 2.26 bits per heavy atom. The van der Waals surface area contributed by atoms with Gasteiger partial charge in [-0.2, -0.15) is 0 Å². The summed E-state index contributed by atoms with van der Waals surface area (Å²) < 4.78 is 0. The van der Waals surface area contributed by atoms with Gasteiger partial charge in [0.25, 0.3) is 5.91 Å². The number of hydrogen-bond acceptors (Lipinski definition) is 1. The second-order valence-electron chi connectivity index (χ2n) is 7.49. The molecule has 1 saturated carbocycles. The Morgan fingerprint density at radius 1 is 0.889 bits per heavy atom. The topological polar surface area (TPSA) is 44.9 Å². The molecule has 1 aromatic heterocycles. The normalized spacial score (nSPS) is 19.6. The number of amides is 1. The van der Waals surface area contributed by atoms with Gasteiger partial charge in [-0.05, 0) is 48.6 Å². The summed E-state index contributed by atoms with van der Waals surface area (Å²) in [6.07, 6.45) is 8.48. The van der Waals surface area contributed by atoms with E-state index in [0.717, 1.165) is 23.2 Å². The van der Waals surface area contributed by atoms with Gasteiger partial charge in [0, 0.05) is 24.5 Å². The molecule has 2 N–H and O–H groups in total. The molecule has 3 heteroatoms. The predicted molar refractivity (Wildman–Crippen MR) is 110 cm³/mol. The largest absolute Gasteiger partial charge is 0.366 e. The smallest absolute Gasteiger partial charge is 0.253 e. The first-order chi connectivity index (χ1) is 13.3. The van der Waals surface area contributed by atoms with Crippen molar-refractivity contribution in [3.05, 3.63) is 84.2 Å². The quantitative estimate of drug-likeness (QED) is 0.631. The summed E-state index contributed by atoms with van der Waals surface area (Å²) in [4.78, 5) is 15.8. The Balaban J connectivity index is 1.32. The molecule has 0 unspecified atom stereocenters. The Labute approximate surface area is 160 Å². The molecule has 1 fully saturated rings. The van der Waals surface area contributed by atoms with Gasteiger partial charge < -0.3 is 10.3 Å². The number of carbonyl (C=O) groups is 1. The predicted octanol–water partition coefficient (Wildman–Crippen LogP) is 5.39. The van der Waals surface area contributed by atoms with Gasteiger partial charge in [-0.25, -0.2) is 0 Å². The molecular formula is C24H26N2O. The highest BCUT2D eigenvalue weighted by Crippen LogP contribution is 2.35. The summed E-state index contributed by atoms with van der Waals surface area (Å²) in [5.41, 5.74) is 4.20. The van der Waals surface area contributed by atoms with Crippen LogP contribution in [0.5, 0.6) is 0 Å². The number of H-pyrrole nitrogens is 1. The van der Waals surface area contributed by atoms with E-state index in [9.17, 15) is 4.79 Å². The van der Waals surface area contributed by atoms with Crippen LogP contribution in [-0.4, -0.2) is 17.4 Å². The van der Waals surface area contributed by atoms with E-state index in [1.54, 1.807) is 6.20 Å². The van der Waals surface area contributed by atoms with Crippen molar-refractivity contribution in [2.75, 3.05) is 6.54 Å². The second-order valence-corrected chi connectivity index (χ2v) is 7.49. The molecule has 0 saturated heterocycles. The molecule has 0 bridgehead atoms. The van der Waals surface area contributed by atoms with Crippen molar-refractivity contribution < 1.29 is 4.79 Å². The van der Waals surface area contributed by atoms with Gasteiger partial charge in [-0.1, -0.05) is 60.7 Å². The van der Waals surface area contributed by atoms with Gasteiger partial charge >= 0.3 is 0 Å². The lowest BCUT2D eigenvalue weighted by Crippen LogP contribution is -2.31. The van der Waals surface area contributed by atoms with E-state index in [1.807, 2.05) is 36.5 Å². The maximum Gasteiger partial charge on any atom is 0.253 e. The highest BCUT2D eigenvalue weighted by molar-refractivity contribution is 6.00. The highest BCUT2D eigenvalue weighted by atomic mass is 16.1. The average molecular weight is 358 g/mol. The maximum atomic E-state index is 12.7. The van der Waals surface area contributed by atoms with Crippen molar-refractivity contribution in [2.45, 2.75) is 31.6 Å². The Hall–Kier alpha value is -2.81. The minimum Gasteiger partial charge on any atom is -0.366 e. The van der Waals surface area contributed by atoms with E-state index in [0.29, 0.717) is 11.8 Å². The molecule has 138 valence electrons. The fourth-order valence-corrected chi connectivity index (χ4v) is 4.17. The number of carbonyl (C=O) groups excluding carboxylic acids is 1. The minimum atomic E-state index is 0.0142. The molecule has 1 amide bonds. The molecule has 1 aliphatic carbocycles. The first-order valence-electron chi connectivity index (χ1n) is 9.86. The summed E-state index contributed by atoms with van der Waals surface area (Å²) in [5, 5.41) is 3.16.